The summed E-state index contributed by atoms with van der Waals surface area (Å²) in [6.45, 7) is 6.58. The number of carbonyl (C=O) groups excluding carboxylic acids is 1. The SMILES string of the molecule is Cc1noc(C)c1C(C)CC(=O)NCC1(C(=O)O)CCOCC1. The van der Waals surface area contributed by atoms with Crippen molar-refractivity contribution in [1.29, 1.82) is 0 Å². The molecular formula is C16H24N2O5. The maximum absolute atomic E-state index is 12.2. The molecule has 1 fully saturated rings. The average molecular weight is 324 g/mol. The Kier molecular flexibility index (Phi) is 5.41. The van der Waals surface area contributed by atoms with Crippen LogP contribution in [0, 0.1) is 19.3 Å². The van der Waals surface area contributed by atoms with Gasteiger partial charge >= 0.3 is 5.97 Å². The second-order valence-electron chi connectivity index (χ2n) is 6.32. The van der Waals surface area contributed by atoms with Crippen molar-refractivity contribution in [3.8, 4) is 0 Å². The maximum atomic E-state index is 12.2. The van der Waals surface area contributed by atoms with Crippen LogP contribution in [-0.4, -0.2) is 41.9 Å². The lowest BCUT2D eigenvalue weighted by molar-refractivity contribution is -0.154. The molecule has 1 aliphatic heterocycles. The highest BCUT2D eigenvalue weighted by Gasteiger charge is 2.40. The molecule has 7 nitrogen and oxygen atoms in total. The molecule has 2 heterocycles. The molecule has 23 heavy (non-hydrogen) atoms. The third-order valence-corrected chi connectivity index (χ3v) is 4.60. The topological polar surface area (TPSA) is 102 Å². The summed E-state index contributed by atoms with van der Waals surface area (Å²) in [7, 11) is 0. The van der Waals surface area contributed by atoms with Gasteiger partial charge in [-0.1, -0.05) is 12.1 Å². The van der Waals surface area contributed by atoms with E-state index in [-0.39, 0.29) is 24.8 Å². The van der Waals surface area contributed by atoms with Crippen molar-refractivity contribution in [2.45, 2.75) is 46.0 Å². The van der Waals surface area contributed by atoms with Gasteiger partial charge in [-0.05, 0) is 32.6 Å². The van der Waals surface area contributed by atoms with E-state index in [9.17, 15) is 14.7 Å². The van der Waals surface area contributed by atoms with Crippen LogP contribution in [0.4, 0.5) is 0 Å². The molecular weight excluding hydrogens is 300 g/mol. The zero-order valence-corrected chi connectivity index (χ0v) is 13.8. The molecule has 0 aliphatic carbocycles. The van der Waals surface area contributed by atoms with Gasteiger partial charge < -0.3 is 19.7 Å². The molecule has 1 atom stereocenters. The van der Waals surface area contributed by atoms with E-state index in [2.05, 4.69) is 10.5 Å². The highest BCUT2D eigenvalue weighted by Crippen LogP contribution is 2.30. The molecule has 1 amide bonds. The maximum Gasteiger partial charge on any atom is 0.311 e. The van der Waals surface area contributed by atoms with Crippen molar-refractivity contribution in [3.63, 3.8) is 0 Å². The van der Waals surface area contributed by atoms with Gasteiger partial charge in [-0.25, -0.2) is 0 Å². The molecule has 0 radical (unpaired) electrons. The molecule has 128 valence electrons. The van der Waals surface area contributed by atoms with E-state index in [1.165, 1.54) is 0 Å². The van der Waals surface area contributed by atoms with Crippen LogP contribution in [0.1, 0.15) is 49.1 Å². The molecule has 0 bridgehead atoms. The van der Waals surface area contributed by atoms with Crippen LogP contribution in [0.15, 0.2) is 4.52 Å². The number of carboxylic acids is 1. The Bertz CT molecular complexity index is 556. The molecule has 0 aromatic carbocycles. The van der Waals surface area contributed by atoms with Crippen LogP contribution in [0.3, 0.4) is 0 Å². The Morgan fingerprint density at radius 2 is 2.00 bits per heavy atom. The van der Waals surface area contributed by atoms with E-state index in [0.29, 0.717) is 31.8 Å². The van der Waals surface area contributed by atoms with E-state index in [1.807, 2.05) is 20.8 Å². The van der Waals surface area contributed by atoms with Crippen molar-refractivity contribution in [2.24, 2.45) is 5.41 Å². The zero-order valence-electron chi connectivity index (χ0n) is 13.8. The first-order chi connectivity index (χ1) is 10.9. The average Bonchev–Trinajstić information content (AvgIpc) is 2.85. The Morgan fingerprint density at radius 3 is 2.52 bits per heavy atom. The minimum atomic E-state index is -0.916. The Hall–Kier alpha value is -1.89. The number of nitrogens with zero attached hydrogens (tertiary/aromatic N) is 1. The number of aliphatic carboxylic acids is 1. The minimum absolute atomic E-state index is 0.0308. The van der Waals surface area contributed by atoms with Crippen molar-refractivity contribution in [3.05, 3.63) is 17.0 Å². The predicted molar refractivity (Wildman–Crippen MR) is 82.1 cm³/mol. The molecule has 1 aliphatic rings. The number of hydrogen-bond donors (Lipinski definition) is 2. The highest BCUT2D eigenvalue weighted by atomic mass is 16.5. The molecule has 2 N–H and O–H groups in total. The van der Waals surface area contributed by atoms with E-state index in [4.69, 9.17) is 9.26 Å². The number of carbonyl (C=O) groups is 2. The van der Waals surface area contributed by atoms with Gasteiger partial charge in [0.05, 0.1) is 11.1 Å². The first kappa shape index (κ1) is 17.5. The molecule has 7 heteroatoms. The summed E-state index contributed by atoms with van der Waals surface area (Å²) in [4.78, 5) is 23.8. The zero-order chi connectivity index (χ0) is 17.0. The smallest absolute Gasteiger partial charge is 0.311 e. The Balaban J connectivity index is 1.93. The first-order valence-corrected chi connectivity index (χ1v) is 7.86. The summed E-state index contributed by atoms with van der Waals surface area (Å²) in [5.41, 5.74) is 0.814. The first-order valence-electron chi connectivity index (χ1n) is 7.86. The molecule has 1 unspecified atom stereocenters. The van der Waals surface area contributed by atoms with Crippen molar-refractivity contribution >= 4 is 11.9 Å². The van der Waals surface area contributed by atoms with Gasteiger partial charge in [-0.3, -0.25) is 9.59 Å². The lowest BCUT2D eigenvalue weighted by Crippen LogP contribution is -2.46. The van der Waals surface area contributed by atoms with Crippen molar-refractivity contribution in [2.75, 3.05) is 19.8 Å². The highest BCUT2D eigenvalue weighted by molar-refractivity contribution is 5.79. The minimum Gasteiger partial charge on any atom is -0.481 e. The van der Waals surface area contributed by atoms with Crippen LogP contribution < -0.4 is 5.32 Å². The number of ether oxygens (including phenoxy) is 1. The summed E-state index contributed by atoms with van der Waals surface area (Å²) in [5.74, 6) is -0.351. The molecule has 0 saturated carbocycles. The fraction of sp³-hybridized carbons (Fsp3) is 0.688. The van der Waals surface area contributed by atoms with E-state index in [0.717, 1.165) is 11.3 Å². The third-order valence-electron chi connectivity index (χ3n) is 4.60. The van der Waals surface area contributed by atoms with E-state index >= 15 is 0 Å². The predicted octanol–water partition coefficient (Wildman–Crippen LogP) is 1.78. The van der Waals surface area contributed by atoms with Crippen LogP contribution in [0.25, 0.3) is 0 Å². The number of rotatable bonds is 6. The normalized spacial score (nSPS) is 18.4. The molecule has 1 aromatic heterocycles. The molecule has 2 rings (SSSR count). The summed E-state index contributed by atoms with van der Waals surface area (Å²) in [5, 5.41) is 16.2. The quantitative estimate of drug-likeness (QED) is 0.827. The molecule has 1 saturated heterocycles. The van der Waals surface area contributed by atoms with Crippen molar-refractivity contribution in [1.82, 2.24) is 10.5 Å². The van der Waals surface area contributed by atoms with Crippen LogP contribution >= 0.6 is 0 Å². The van der Waals surface area contributed by atoms with Crippen LogP contribution in [0.5, 0.6) is 0 Å². The summed E-state index contributed by atoms with van der Waals surface area (Å²) >= 11 is 0. The largest absolute Gasteiger partial charge is 0.481 e. The number of aryl methyl sites for hydroxylation is 2. The third kappa shape index (κ3) is 3.90. The Labute approximate surface area is 135 Å². The summed E-state index contributed by atoms with van der Waals surface area (Å²) < 4.78 is 10.4. The molecule has 1 aromatic rings. The monoisotopic (exact) mass is 324 g/mol. The standard InChI is InChI=1S/C16H24N2O5/c1-10(14-11(2)18-23-12(14)3)8-13(19)17-9-16(15(20)21)4-6-22-7-5-16/h10H,4-9H2,1-3H3,(H,17,19)(H,20,21). The summed E-state index contributed by atoms with van der Waals surface area (Å²) in [6.07, 6.45) is 1.11. The fourth-order valence-electron chi connectivity index (χ4n) is 3.14. The Morgan fingerprint density at radius 1 is 1.35 bits per heavy atom. The van der Waals surface area contributed by atoms with Crippen LogP contribution in [0.2, 0.25) is 0 Å². The van der Waals surface area contributed by atoms with Crippen molar-refractivity contribution < 1.29 is 24.0 Å². The fourth-order valence-corrected chi connectivity index (χ4v) is 3.14. The van der Waals surface area contributed by atoms with E-state index in [1.54, 1.807) is 0 Å². The number of nitrogens with one attached hydrogen (secondary N) is 1. The van der Waals surface area contributed by atoms with Gasteiger partial charge in [0.25, 0.3) is 0 Å². The summed E-state index contributed by atoms with van der Waals surface area (Å²) in [6, 6.07) is 0. The van der Waals surface area contributed by atoms with E-state index < -0.39 is 11.4 Å². The number of hydrogen-bond acceptors (Lipinski definition) is 5. The van der Waals surface area contributed by atoms with Crippen LogP contribution in [-0.2, 0) is 14.3 Å². The lowest BCUT2D eigenvalue weighted by Gasteiger charge is -2.33. The number of aromatic nitrogens is 1. The number of carboxylic acid groups (broad SMARTS) is 1. The van der Waals surface area contributed by atoms with Gasteiger partial charge in [0.2, 0.25) is 5.91 Å². The van der Waals surface area contributed by atoms with Gasteiger partial charge in [0.1, 0.15) is 5.76 Å². The second kappa shape index (κ2) is 7.12. The second-order valence-corrected chi connectivity index (χ2v) is 6.32. The van der Waals surface area contributed by atoms with Gasteiger partial charge in [0, 0.05) is 31.7 Å². The van der Waals surface area contributed by atoms with Gasteiger partial charge in [0.15, 0.2) is 0 Å². The van der Waals surface area contributed by atoms with Gasteiger partial charge in [-0.2, -0.15) is 0 Å². The lowest BCUT2D eigenvalue weighted by atomic mass is 9.80. The van der Waals surface area contributed by atoms with Gasteiger partial charge in [-0.15, -0.1) is 0 Å². The number of amides is 1. The molecule has 0 spiro atoms.